The fourth-order valence-corrected chi connectivity index (χ4v) is 1.28. The Morgan fingerprint density at radius 2 is 1.62 bits per heavy atom. The molecule has 2 rings (SSSR count). The van der Waals surface area contributed by atoms with Gasteiger partial charge in [-0.2, -0.15) is 5.26 Å². The summed E-state index contributed by atoms with van der Waals surface area (Å²) >= 11 is 0. The first kappa shape index (κ1) is 21.3. The van der Waals surface area contributed by atoms with Crippen LogP contribution in [-0.4, -0.2) is 23.1 Å². The summed E-state index contributed by atoms with van der Waals surface area (Å²) in [6.07, 6.45) is 0. The molecule has 0 aromatic heterocycles. The molecule has 0 aliphatic carbocycles. The molecule has 5 heteroatoms. The van der Waals surface area contributed by atoms with E-state index in [1.807, 2.05) is 0 Å². The van der Waals surface area contributed by atoms with Crippen molar-refractivity contribution in [3.63, 3.8) is 0 Å². The van der Waals surface area contributed by atoms with Crippen molar-refractivity contribution in [2.45, 2.75) is 6.92 Å². The maximum absolute atomic E-state index is 12.6. The Morgan fingerprint density at radius 3 is 2.00 bits per heavy atom. The summed E-state index contributed by atoms with van der Waals surface area (Å²) in [5.74, 6) is -0.956. The van der Waals surface area contributed by atoms with Gasteiger partial charge in [0.2, 0.25) is 0 Å². The molecular weight excluding hydrogens is 282 g/mol. The fraction of sp³-hybridized carbons (Fsp3) is 0.0625. The van der Waals surface area contributed by atoms with Crippen molar-refractivity contribution in [1.29, 1.82) is 10.5 Å². The molecule has 2 aromatic carbocycles. The number of benzene rings is 2. The van der Waals surface area contributed by atoms with E-state index in [4.69, 9.17) is 10.5 Å². The molecule has 0 bridgehead atoms. The zero-order valence-corrected chi connectivity index (χ0v) is 13.2. The molecule has 0 saturated heterocycles. The summed E-state index contributed by atoms with van der Waals surface area (Å²) in [5, 5.41) is 16.6. The fourth-order valence-electron chi connectivity index (χ4n) is 1.28. The summed E-state index contributed by atoms with van der Waals surface area (Å²) in [7, 11) is 0. The molecule has 0 heterocycles. The van der Waals surface area contributed by atoms with Gasteiger partial charge in [0.1, 0.15) is 11.9 Å². The third-order valence-electron chi connectivity index (χ3n) is 2.25. The van der Waals surface area contributed by atoms with Crippen LogP contribution < -0.4 is 0 Å². The molecule has 0 amide bonds. The van der Waals surface area contributed by atoms with Crippen LogP contribution in [0.4, 0.5) is 8.78 Å². The Labute approximate surface area is 139 Å². The van der Waals surface area contributed by atoms with E-state index in [1.54, 1.807) is 31.2 Å². The van der Waals surface area contributed by atoms with Crippen LogP contribution >= 0.6 is 0 Å². The van der Waals surface area contributed by atoms with Crippen LogP contribution in [0.3, 0.4) is 0 Å². The molecule has 0 saturated carbocycles. The second-order valence-electron chi connectivity index (χ2n) is 3.55. The Balaban J connectivity index is 0. The van der Waals surface area contributed by atoms with E-state index in [1.165, 1.54) is 24.3 Å². The molecule has 0 spiro atoms. The van der Waals surface area contributed by atoms with E-state index < -0.39 is 11.6 Å². The SMILES string of the molecule is Cc1cccc(F)c1C#N.N#Cc1[c-]cccc1F.[CH3-].[Mg+2]. The molecule has 2 nitrogen and oxygen atoms in total. The predicted molar refractivity (Wildman–Crippen MR) is 78.0 cm³/mol. The number of hydrogen-bond donors (Lipinski definition) is 0. The van der Waals surface area contributed by atoms with Gasteiger partial charge in [0, 0.05) is 5.82 Å². The number of hydrogen-bond acceptors (Lipinski definition) is 2. The van der Waals surface area contributed by atoms with Crippen molar-refractivity contribution in [1.82, 2.24) is 0 Å². The quantitative estimate of drug-likeness (QED) is 0.551. The van der Waals surface area contributed by atoms with Crippen molar-refractivity contribution >= 4 is 23.1 Å². The van der Waals surface area contributed by atoms with Crippen molar-refractivity contribution in [2.24, 2.45) is 0 Å². The Bertz CT molecular complexity index is 638. The van der Waals surface area contributed by atoms with Crippen molar-refractivity contribution < 1.29 is 8.78 Å². The smallest absolute Gasteiger partial charge is 0.358 e. The summed E-state index contributed by atoms with van der Waals surface area (Å²) in [5.41, 5.74) is 0.794. The Kier molecular flexibility index (Phi) is 11.0. The average molecular weight is 295 g/mol. The van der Waals surface area contributed by atoms with Crippen LogP contribution in [0.5, 0.6) is 0 Å². The standard InChI is InChI=1S/C8H6FN.C7H3FN.CH3.Mg/c1-6-3-2-4-8(9)7(6)5-10;8-7-4-2-1-3-6(7)5-9;;/h2-4H,1H3;1-2,4H;1H3;/q;2*-1;+2. The van der Waals surface area contributed by atoms with Gasteiger partial charge < -0.3 is 7.43 Å². The van der Waals surface area contributed by atoms with E-state index in [9.17, 15) is 8.78 Å². The molecule has 102 valence electrons. The zero-order chi connectivity index (χ0) is 14.3. The normalized spacial score (nSPS) is 7.86. The first-order valence-electron chi connectivity index (χ1n) is 5.31. The second kappa shape index (κ2) is 10.8. The Morgan fingerprint density at radius 1 is 1.00 bits per heavy atom. The number of rotatable bonds is 0. The third-order valence-corrected chi connectivity index (χ3v) is 2.25. The van der Waals surface area contributed by atoms with E-state index in [0.29, 0.717) is 5.56 Å². The van der Waals surface area contributed by atoms with Gasteiger partial charge in [0.25, 0.3) is 0 Å². The van der Waals surface area contributed by atoms with Gasteiger partial charge in [0.15, 0.2) is 0 Å². The first-order valence-corrected chi connectivity index (χ1v) is 5.31. The molecule has 0 radical (unpaired) electrons. The minimum atomic E-state index is -0.514. The molecule has 0 unspecified atom stereocenters. The van der Waals surface area contributed by atoms with E-state index in [-0.39, 0.29) is 41.6 Å². The van der Waals surface area contributed by atoms with Crippen molar-refractivity contribution in [2.75, 3.05) is 0 Å². The monoisotopic (exact) mass is 294 g/mol. The van der Waals surface area contributed by atoms with Crippen LogP contribution in [0, 0.1) is 54.7 Å². The average Bonchev–Trinajstić information content (AvgIpc) is 2.40. The van der Waals surface area contributed by atoms with E-state index >= 15 is 0 Å². The molecule has 0 aliphatic rings. The minimum Gasteiger partial charge on any atom is -0.358 e. The van der Waals surface area contributed by atoms with Gasteiger partial charge in [-0.3, -0.25) is 9.65 Å². The van der Waals surface area contributed by atoms with Gasteiger partial charge in [-0.1, -0.05) is 12.1 Å². The van der Waals surface area contributed by atoms with E-state index in [0.717, 1.165) is 0 Å². The Hall–Kier alpha value is -1.95. The zero-order valence-electron chi connectivity index (χ0n) is 11.8. The van der Waals surface area contributed by atoms with Crippen LogP contribution in [0.2, 0.25) is 0 Å². The maximum atomic E-state index is 12.6. The van der Waals surface area contributed by atoms with Gasteiger partial charge in [0.05, 0.1) is 5.56 Å². The number of nitrogens with zero attached hydrogens (tertiary/aromatic N) is 2. The first-order chi connectivity index (χ1) is 9.10. The molecule has 0 aliphatic heterocycles. The van der Waals surface area contributed by atoms with Crippen LogP contribution in [0.15, 0.2) is 36.4 Å². The minimum absolute atomic E-state index is 0. The van der Waals surface area contributed by atoms with Crippen molar-refractivity contribution in [3.8, 4) is 12.1 Å². The summed E-state index contributed by atoms with van der Waals surface area (Å²) < 4.78 is 25.0. The molecule has 21 heavy (non-hydrogen) atoms. The molecule has 0 atom stereocenters. The van der Waals surface area contributed by atoms with E-state index in [2.05, 4.69) is 6.07 Å². The topological polar surface area (TPSA) is 47.6 Å². The van der Waals surface area contributed by atoms with Crippen molar-refractivity contribution in [3.05, 3.63) is 78.2 Å². The third kappa shape index (κ3) is 6.35. The largest absolute Gasteiger partial charge is 2.00 e. The molecule has 0 fully saturated rings. The maximum Gasteiger partial charge on any atom is 2.00 e. The summed E-state index contributed by atoms with van der Waals surface area (Å²) in [6.45, 7) is 1.71. The molecule has 0 N–H and O–H groups in total. The summed E-state index contributed by atoms with van der Waals surface area (Å²) in [4.78, 5) is 0. The second-order valence-corrected chi connectivity index (χ2v) is 3.55. The van der Waals surface area contributed by atoms with Crippen LogP contribution in [0.1, 0.15) is 16.7 Å². The molecular formula is C16H12F2MgN2. The predicted octanol–water partition coefficient (Wildman–Crippen LogP) is 3.57. The van der Waals surface area contributed by atoms with Gasteiger partial charge in [-0.25, -0.2) is 4.39 Å². The van der Waals surface area contributed by atoms with Gasteiger partial charge in [-0.05, 0) is 30.2 Å². The molecule has 2 aromatic rings. The van der Waals surface area contributed by atoms with Crippen LogP contribution in [-0.2, 0) is 0 Å². The summed E-state index contributed by atoms with van der Waals surface area (Å²) in [6, 6.07) is 14.7. The number of aryl methyl sites for hydroxylation is 1. The number of nitriles is 2. The van der Waals surface area contributed by atoms with Gasteiger partial charge in [-0.15, -0.1) is 24.3 Å². The number of halogens is 2. The van der Waals surface area contributed by atoms with Crippen LogP contribution in [0.25, 0.3) is 0 Å². The van der Waals surface area contributed by atoms with Gasteiger partial charge >= 0.3 is 23.1 Å².